The van der Waals surface area contributed by atoms with Gasteiger partial charge in [-0.3, -0.25) is 0 Å². The molecule has 0 aromatic carbocycles. The van der Waals surface area contributed by atoms with E-state index in [-0.39, 0.29) is 5.82 Å². The first-order chi connectivity index (χ1) is 4.84. The number of tetrazole rings is 1. The van der Waals surface area contributed by atoms with Crippen molar-refractivity contribution in [3.63, 3.8) is 0 Å². The Morgan fingerprint density at radius 2 is 2.60 bits per heavy atom. The Balaban J connectivity index is 2.68. The molecule has 1 aromatic rings. The molecule has 0 spiro atoms. The van der Waals surface area contributed by atoms with Gasteiger partial charge in [-0.2, -0.15) is 5.21 Å². The lowest BCUT2D eigenvalue weighted by molar-refractivity contribution is 0.0651. The number of H-pyrrole nitrogens is 1. The molecule has 6 nitrogen and oxygen atoms in total. The molecule has 0 radical (unpaired) electrons. The number of hydrogen-bond acceptors (Lipinski definition) is 5. The molecular formula is C4H4N4O2. The molecule has 52 valence electrons. The van der Waals surface area contributed by atoms with Crippen LogP contribution in [0.4, 0.5) is 0 Å². The van der Waals surface area contributed by atoms with Crippen molar-refractivity contribution < 1.29 is 9.53 Å². The van der Waals surface area contributed by atoms with Gasteiger partial charge in [0.2, 0.25) is 0 Å². The summed E-state index contributed by atoms with van der Waals surface area (Å²) in [4.78, 5) is 10.6. The lowest BCUT2D eigenvalue weighted by Crippen LogP contribution is -2.02. The quantitative estimate of drug-likeness (QED) is 0.442. The number of ether oxygens (including phenoxy) is 1. The van der Waals surface area contributed by atoms with Crippen molar-refractivity contribution in [1.82, 2.24) is 20.6 Å². The van der Waals surface area contributed by atoms with Crippen LogP contribution < -0.4 is 0 Å². The third kappa shape index (κ3) is 1.16. The van der Waals surface area contributed by atoms with Crippen molar-refractivity contribution in [2.45, 2.75) is 0 Å². The Hall–Kier alpha value is -1.72. The summed E-state index contributed by atoms with van der Waals surface area (Å²) in [7, 11) is 0. The molecule has 1 N–H and O–H groups in total. The highest BCUT2D eigenvalue weighted by molar-refractivity contribution is 5.85. The van der Waals surface area contributed by atoms with Gasteiger partial charge >= 0.3 is 5.97 Å². The highest BCUT2D eigenvalue weighted by Crippen LogP contribution is 1.87. The number of hydrogen-bond donors (Lipinski definition) is 1. The number of aromatic amines is 1. The van der Waals surface area contributed by atoms with Crippen LogP contribution in [0.15, 0.2) is 12.8 Å². The topological polar surface area (TPSA) is 80.8 Å². The third-order valence-electron chi connectivity index (χ3n) is 0.718. The number of carbonyl (C=O) groups excluding carboxylic acids is 1. The van der Waals surface area contributed by atoms with E-state index >= 15 is 0 Å². The molecule has 6 heteroatoms. The van der Waals surface area contributed by atoms with Gasteiger partial charge in [-0.1, -0.05) is 6.58 Å². The van der Waals surface area contributed by atoms with Crippen molar-refractivity contribution in [2.75, 3.05) is 0 Å². The van der Waals surface area contributed by atoms with Crippen LogP contribution in [0.25, 0.3) is 0 Å². The Kier molecular flexibility index (Phi) is 1.74. The van der Waals surface area contributed by atoms with Crippen LogP contribution in [0.3, 0.4) is 0 Å². The van der Waals surface area contributed by atoms with Crippen LogP contribution in [0.2, 0.25) is 0 Å². The molecule has 0 aliphatic carbocycles. The van der Waals surface area contributed by atoms with Crippen LogP contribution in [-0.4, -0.2) is 26.6 Å². The molecule has 0 bridgehead atoms. The molecule has 0 amide bonds. The molecule has 0 unspecified atom stereocenters. The zero-order valence-corrected chi connectivity index (χ0v) is 4.94. The molecule has 1 aromatic heterocycles. The van der Waals surface area contributed by atoms with Crippen LogP contribution in [-0.2, 0) is 4.74 Å². The average molecular weight is 140 g/mol. The number of aromatic nitrogens is 4. The highest BCUT2D eigenvalue weighted by Gasteiger charge is 2.09. The van der Waals surface area contributed by atoms with Gasteiger partial charge < -0.3 is 4.74 Å². The largest absolute Gasteiger partial charge is 0.429 e. The summed E-state index contributed by atoms with van der Waals surface area (Å²) in [6.45, 7) is 3.18. The third-order valence-corrected chi connectivity index (χ3v) is 0.718. The minimum Gasteiger partial charge on any atom is -0.429 e. The molecule has 0 atom stereocenters. The van der Waals surface area contributed by atoms with Gasteiger partial charge in [0.15, 0.2) is 0 Å². The smallest absolute Gasteiger partial charge is 0.384 e. The SMILES string of the molecule is C=COC(=O)c1nn[nH]n1. The van der Waals surface area contributed by atoms with E-state index in [0.717, 1.165) is 6.26 Å². The minimum atomic E-state index is -0.677. The van der Waals surface area contributed by atoms with Crippen LogP contribution >= 0.6 is 0 Å². The lowest BCUT2D eigenvalue weighted by atomic mass is 10.6. The zero-order valence-electron chi connectivity index (χ0n) is 4.94. The fraction of sp³-hybridized carbons (Fsp3) is 0. The van der Waals surface area contributed by atoms with Gasteiger partial charge in [-0.05, 0) is 5.21 Å². The molecule has 1 heterocycles. The van der Waals surface area contributed by atoms with Gasteiger partial charge in [0.05, 0.1) is 6.26 Å². The van der Waals surface area contributed by atoms with E-state index in [9.17, 15) is 4.79 Å². The second kappa shape index (κ2) is 2.72. The normalized spacial score (nSPS) is 8.80. The van der Waals surface area contributed by atoms with E-state index in [1.807, 2.05) is 0 Å². The summed E-state index contributed by atoms with van der Waals surface area (Å²) in [6, 6.07) is 0. The first-order valence-corrected chi connectivity index (χ1v) is 2.40. The first kappa shape index (κ1) is 6.40. The molecule has 0 saturated carbocycles. The lowest BCUT2D eigenvalue weighted by Gasteiger charge is -1.88. The van der Waals surface area contributed by atoms with Crippen molar-refractivity contribution in [3.8, 4) is 0 Å². The van der Waals surface area contributed by atoms with Gasteiger partial charge in [-0.25, -0.2) is 4.79 Å². The number of carbonyl (C=O) groups is 1. The van der Waals surface area contributed by atoms with Crippen molar-refractivity contribution in [1.29, 1.82) is 0 Å². The second-order valence-electron chi connectivity index (χ2n) is 1.31. The molecule has 0 aliphatic heterocycles. The zero-order chi connectivity index (χ0) is 7.40. The predicted molar refractivity (Wildman–Crippen MR) is 29.8 cm³/mol. The molecule has 0 fully saturated rings. The number of rotatable bonds is 2. The van der Waals surface area contributed by atoms with E-state index in [1.165, 1.54) is 0 Å². The van der Waals surface area contributed by atoms with Gasteiger partial charge in [0, 0.05) is 0 Å². The predicted octanol–water partition coefficient (Wildman–Crippen LogP) is -0.500. The van der Waals surface area contributed by atoms with Gasteiger partial charge in [-0.15, -0.1) is 10.2 Å². The average Bonchev–Trinajstić information content (AvgIpc) is 2.38. The molecule has 0 aliphatic rings. The maximum Gasteiger partial charge on any atom is 0.384 e. The maximum absolute atomic E-state index is 10.6. The van der Waals surface area contributed by atoms with E-state index in [2.05, 4.69) is 31.9 Å². The van der Waals surface area contributed by atoms with Crippen LogP contribution in [0.1, 0.15) is 10.6 Å². The van der Waals surface area contributed by atoms with E-state index in [1.54, 1.807) is 0 Å². The Morgan fingerprint density at radius 3 is 3.10 bits per heavy atom. The number of nitrogens with zero attached hydrogens (tertiary/aromatic N) is 3. The summed E-state index contributed by atoms with van der Waals surface area (Å²) in [5.74, 6) is -0.788. The van der Waals surface area contributed by atoms with E-state index < -0.39 is 5.97 Å². The molecule has 10 heavy (non-hydrogen) atoms. The fourth-order valence-corrected chi connectivity index (χ4v) is 0.377. The highest BCUT2D eigenvalue weighted by atomic mass is 16.5. The van der Waals surface area contributed by atoms with Crippen molar-refractivity contribution in [3.05, 3.63) is 18.7 Å². The fourth-order valence-electron chi connectivity index (χ4n) is 0.377. The summed E-state index contributed by atoms with van der Waals surface area (Å²) in [5, 5.41) is 12.0. The summed E-state index contributed by atoms with van der Waals surface area (Å²) >= 11 is 0. The monoisotopic (exact) mass is 140 g/mol. The Labute approximate surface area is 55.9 Å². The van der Waals surface area contributed by atoms with E-state index in [4.69, 9.17) is 0 Å². The summed E-state index contributed by atoms with van der Waals surface area (Å²) < 4.78 is 4.33. The van der Waals surface area contributed by atoms with E-state index in [0.29, 0.717) is 0 Å². The minimum absolute atomic E-state index is 0.111. The van der Waals surface area contributed by atoms with Crippen molar-refractivity contribution in [2.24, 2.45) is 0 Å². The molecular weight excluding hydrogens is 136 g/mol. The van der Waals surface area contributed by atoms with Crippen molar-refractivity contribution >= 4 is 5.97 Å². The summed E-state index contributed by atoms with van der Waals surface area (Å²) in [5.41, 5.74) is 0. The number of esters is 1. The molecule has 0 saturated heterocycles. The maximum atomic E-state index is 10.6. The van der Waals surface area contributed by atoms with Crippen LogP contribution in [0, 0.1) is 0 Å². The van der Waals surface area contributed by atoms with Crippen LogP contribution in [0.5, 0.6) is 0 Å². The summed E-state index contributed by atoms with van der Waals surface area (Å²) in [6.07, 6.45) is 0.999. The van der Waals surface area contributed by atoms with Gasteiger partial charge in [0.1, 0.15) is 0 Å². The number of nitrogens with one attached hydrogen (secondary N) is 1. The van der Waals surface area contributed by atoms with Gasteiger partial charge in [0.25, 0.3) is 5.82 Å². The second-order valence-corrected chi connectivity index (χ2v) is 1.31. The standard InChI is InChI=1S/C4H4N4O2/c1-2-10-4(9)3-5-7-8-6-3/h2H,1H2,(H,5,6,7,8). The molecule has 1 rings (SSSR count). The Bertz CT molecular complexity index is 229. The first-order valence-electron chi connectivity index (χ1n) is 2.40. The Morgan fingerprint density at radius 1 is 1.80 bits per heavy atom.